The van der Waals surface area contributed by atoms with Crippen molar-refractivity contribution in [2.45, 2.75) is 19.4 Å². The van der Waals surface area contributed by atoms with E-state index >= 15 is 0 Å². The second kappa shape index (κ2) is 10.4. The van der Waals surface area contributed by atoms with Crippen LogP contribution >= 0.6 is 0 Å². The van der Waals surface area contributed by atoms with Crippen molar-refractivity contribution >= 4 is 16.9 Å². The molecule has 2 aliphatic heterocycles. The molecule has 196 valence electrons. The van der Waals surface area contributed by atoms with E-state index < -0.39 is 6.04 Å². The summed E-state index contributed by atoms with van der Waals surface area (Å²) < 4.78 is 28.2. The maximum Gasteiger partial charge on any atom is 0.290 e. The molecule has 9 heteroatoms. The number of fused-ring (bicyclic) bond motifs is 2. The molecule has 0 N–H and O–H groups in total. The monoisotopic (exact) mass is 508 g/mol. The van der Waals surface area contributed by atoms with E-state index in [1.54, 1.807) is 37.3 Å². The minimum absolute atomic E-state index is 0.0856. The lowest BCUT2D eigenvalue weighted by molar-refractivity contribution is 0.0314. The molecule has 1 fully saturated rings. The summed E-state index contributed by atoms with van der Waals surface area (Å²) in [7, 11) is 4.62. The van der Waals surface area contributed by atoms with E-state index in [-0.39, 0.29) is 17.1 Å². The quantitative estimate of drug-likeness (QED) is 0.458. The van der Waals surface area contributed by atoms with Gasteiger partial charge in [0.15, 0.2) is 16.9 Å². The van der Waals surface area contributed by atoms with Gasteiger partial charge in [-0.15, -0.1) is 0 Å². The van der Waals surface area contributed by atoms with Crippen molar-refractivity contribution in [1.29, 1.82) is 0 Å². The van der Waals surface area contributed by atoms with E-state index in [0.29, 0.717) is 65.6 Å². The van der Waals surface area contributed by atoms with Gasteiger partial charge in [0.1, 0.15) is 5.58 Å². The molecule has 0 radical (unpaired) electrons. The van der Waals surface area contributed by atoms with E-state index in [1.165, 1.54) is 7.11 Å². The summed E-state index contributed by atoms with van der Waals surface area (Å²) in [6.45, 7) is 6.02. The topological polar surface area (TPSA) is 90.7 Å². The van der Waals surface area contributed by atoms with Gasteiger partial charge < -0.3 is 28.3 Å². The summed E-state index contributed by atoms with van der Waals surface area (Å²) in [6, 6.07) is 8.47. The fraction of sp³-hybridized carbons (Fsp3) is 0.429. The first-order valence-electron chi connectivity index (χ1n) is 12.5. The third-order valence-electron chi connectivity index (χ3n) is 7.20. The Hall–Kier alpha value is -3.56. The van der Waals surface area contributed by atoms with Gasteiger partial charge in [-0.2, -0.15) is 0 Å². The number of aryl methyl sites for hydroxylation is 1. The number of methoxy groups -OCH3 is 3. The number of rotatable bonds is 8. The van der Waals surface area contributed by atoms with Gasteiger partial charge >= 0.3 is 0 Å². The average molecular weight is 509 g/mol. The van der Waals surface area contributed by atoms with Crippen LogP contribution in [-0.2, 0) is 11.2 Å². The number of morpholine rings is 1. The van der Waals surface area contributed by atoms with Crippen LogP contribution in [0.5, 0.6) is 17.2 Å². The summed E-state index contributed by atoms with van der Waals surface area (Å²) in [5.74, 6) is 1.12. The standard InChI is InChI=1S/C28H32N2O7/c1-5-17-6-7-20-19(14-17)25(31)23-24(18-15-21(33-2)26(35-4)22(16-18)34-3)30(28(32)27(23)37-20)9-8-29-10-12-36-13-11-29/h6-7,14-16,24H,5,8-13H2,1-4H3. The molecule has 3 heterocycles. The zero-order valence-electron chi connectivity index (χ0n) is 21.7. The Morgan fingerprint density at radius 3 is 2.27 bits per heavy atom. The normalized spacial score (nSPS) is 17.8. The smallest absolute Gasteiger partial charge is 0.290 e. The Morgan fingerprint density at radius 2 is 1.65 bits per heavy atom. The molecular weight excluding hydrogens is 476 g/mol. The van der Waals surface area contributed by atoms with Crippen LogP contribution in [0, 0.1) is 0 Å². The largest absolute Gasteiger partial charge is 0.493 e. The van der Waals surface area contributed by atoms with Crippen molar-refractivity contribution in [2.75, 3.05) is 60.7 Å². The molecule has 1 unspecified atom stereocenters. The summed E-state index contributed by atoms with van der Waals surface area (Å²) in [6.07, 6.45) is 0.785. The van der Waals surface area contributed by atoms with E-state index in [4.69, 9.17) is 23.4 Å². The second-order valence-corrected chi connectivity index (χ2v) is 9.17. The van der Waals surface area contributed by atoms with Gasteiger partial charge in [0.05, 0.1) is 51.5 Å². The molecular formula is C28H32N2O7. The predicted octanol–water partition coefficient (Wildman–Crippen LogP) is 3.26. The highest BCUT2D eigenvalue weighted by atomic mass is 16.5. The number of carbonyl (C=O) groups is 1. The highest BCUT2D eigenvalue weighted by Crippen LogP contribution is 2.45. The molecule has 1 saturated heterocycles. The summed E-state index contributed by atoms with van der Waals surface area (Å²) in [5.41, 5.74) is 2.25. The van der Waals surface area contributed by atoms with Crippen molar-refractivity contribution in [3.05, 3.63) is 63.0 Å². The van der Waals surface area contributed by atoms with Gasteiger partial charge in [0.2, 0.25) is 11.5 Å². The van der Waals surface area contributed by atoms with Gasteiger partial charge in [-0.3, -0.25) is 14.5 Å². The molecule has 0 bridgehead atoms. The van der Waals surface area contributed by atoms with E-state index in [0.717, 1.165) is 25.1 Å². The van der Waals surface area contributed by atoms with Crippen molar-refractivity contribution in [3.63, 3.8) is 0 Å². The van der Waals surface area contributed by atoms with Crippen molar-refractivity contribution in [1.82, 2.24) is 9.80 Å². The zero-order chi connectivity index (χ0) is 26.1. The first-order chi connectivity index (χ1) is 18.0. The predicted molar refractivity (Wildman–Crippen MR) is 138 cm³/mol. The fourth-order valence-electron chi connectivity index (χ4n) is 5.20. The molecule has 0 spiro atoms. The number of nitrogens with zero attached hydrogens (tertiary/aromatic N) is 2. The Kier molecular flexibility index (Phi) is 7.08. The summed E-state index contributed by atoms with van der Waals surface area (Å²) in [5, 5.41) is 0.471. The molecule has 3 aromatic rings. The van der Waals surface area contributed by atoms with Crippen LogP contribution < -0.4 is 19.6 Å². The molecule has 1 atom stereocenters. The molecule has 2 aromatic carbocycles. The lowest BCUT2D eigenvalue weighted by Gasteiger charge is -2.31. The zero-order valence-corrected chi connectivity index (χ0v) is 21.7. The number of hydrogen-bond acceptors (Lipinski definition) is 8. The van der Waals surface area contributed by atoms with Gasteiger partial charge in [-0.1, -0.05) is 13.0 Å². The molecule has 0 aliphatic carbocycles. The highest BCUT2D eigenvalue weighted by molar-refractivity contribution is 5.99. The van der Waals surface area contributed by atoms with E-state index in [9.17, 15) is 9.59 Å². The molecule has 2 aliphatic rings. The molecule has 1 aromatic heterocycles. The molecule has 1 amide bonds. The first-order valence-corrected chi connectivity index (χ1v) is 12.5. The summed E-state index contributed by atoms with van der Waals surface area (Å²) >= 11 is 0. The van der Waals surface area contributed by atoms with Crippen LogP contribution in [0.15, 0.2) is 39.5 Å². The minimum Gasteiger partial charge on any atom is -0.493 e. The Labute approximate surface area is 215 Å². The lowest BCUT2D eigenvalue weighted by Crippen LogP contribution is -2.42. The van der Waals surface area contributed by atoms with Crippen LogP contribution in [0.25, 0.3) is 11.0 Å². The molecule has 0 saturated carbocycles. The summed E-state index contributed by atoms with van der Waals surface area (Å²) in [4.78, 5) is 31.7. The average Bonchev–Trinajstić information content (AvgIpc) is 3.22. The molecule has 5 rings (SSSR count). The lowest BCUT2D eigenvalue weighted by atomic mass is 9.97. The molecule has 37 heavy (non-hydrogen) atoms. The fourth-order valence-corrected chi connectivity index (χ4v) is 5.20. The Morgan fingerprint density at radius 1 is 0.946 bits per heavy atom. The van der Waals surface area contributed by atoms with Gasteiger partial charge in [0, 0.05) is 26.2 Å². The molecule has 9 nitrogen and oxygen atoms in total. The van der Waals surface area contributed by atoms with Crippen molar-refractivity contribution < 1.29 is 28.2 Å². The van der Waals surface area contributed by atoms with Gasteiger partial charge in [-0.25, -0.2) is 0 Å². The third kappa shape index (κ3) is 4.42. The van der Waals surface area contributed by atoms with E-state index in [1.807, 2.05) is 19.1 Å². The number of benzene rings is 2. The van der Waals surface area contributed by atoms with Crippen LogP contribution in [0.2, 0.25) is 0 Å². The third-order valence-corrected chi connectivity index (χ3v) is 7.20. The van der Waals surface area contributed by atoms with Gasteiger partial charge in [0.25, 0.3) is 5.91 Å². The Balaban J connectivity index is 1.67. The number of hydrogen-bond donors (Lipinski definition) is 0. The van der Waals surface area contributed by atoms with Crippen molar-refractivity contribution in [2.24, 2.45) is 0 Å². The minimum atomic E-state index is -0.664. The van der Waals surface area contributed by atoms with Crippen LogP contribution in [-0.4, -0.2) is 76.4 Å². The van der Waals surface area contributed by atoms with Crippen LogP contribution in [0.3, 0.4) is 0 Å². The number of carbonyl (C=O) groups excluding carboxylic acids is 1. The Bertz CT molecular complexity index is 1350. The van der Waals surface area contributed by atoms with Crippen LogP contribution in [0.1, 0.15) is 40.2 Å². The van der Waals surface area contributed by atoms with Crippen molar-refractivity contribution in [3.8, 4) is 17.2 Å². The maximum absolute atomic E-state index is 13.9. The number of amides is 1. The van der Waals surface area contributed by atoms with E-state index in [2.05, 4.69) is 4.90 Å². The first kappa shape index (κ1) is 25.1. The SMILES string of the molecule is CCc1ccc2oc3c(c(=O)c2c1)C(c1cc(OC)c(OC)c(OC)c1)N(CCN1CCOCC1)C3=O. The second-order valence-electron chi connectivity index (χ2n) is 9.17. The number of ether oxygens (including phenoxy) is 4. The van der Waals surface area contributed by atoms with Crippen LogP contribution in [0.4, 0.5) is 0 Å². The highest BCUT2D eigenvalue weighted by Gasteiger charge is 2.43. The van der Waals surface area contributed by atoms with Gasteiger partial charge in [-0.05, 0) is 41.8 Å². The maximum atomic E-state index is 13.9.